The molecule has 0 aliphatic carbocycles. The molecule has 0 saturated carbocycles. The summed E-state index contributed by atoms with van der Waals surface area (Å²) in [5.41, 5.74) is 6.44. The Morgan fingerprint density at radius 1 is 1.22 bits per heavy atom. The molecule has 2 heterocycles. The summed E-state index contributed by atoms with van der Waals surface area (Å²) in [5, 5.41) is 6.67. The van der Waals surface area contributed by atoms with E-state index in [4.69, 9.17) is 5.73 Å². The van der Waals surface area contributed by atoms with Gasteiger partial charge in [-0.15, -0.1) is 0 Å². The van der Waals surface area contributed by atoms with Gasteiger partial charge in [-0.2, -0.15) is 9.40 Å². The van der Waals surface area contributed by atoms with Crippen molar-refractivity contribution in [1.82, 2.24) is 14.5 Å². The number of carbonyl (C=O) groups excluding carboxylic acids is 2. The standard InChI is InChI=1S/C17H20N4O5S/c1-26-17(23)12-2-4-13(5-3-12)27(24,25)21-8-6-11(7-9-21)14-10-15(16(18)22)20-19-14/h2-5,10-11H,6-9H2,1H3,(H2,18,22)(H,19,20). The maximum absolute atomic E-state index is 12.8. The Bertz CT molecular complexity index is 944. The maximum atomic E-state index is 12.8. The molecule has 0 atom stereocenters. The number of methoxy groups -OCH3 is 1. The lowest BCUT2D eigenvalue weighted by molar-refractivity contribution is 0.0600. The highest BCUT2D eigenvalue weighted by Crippen LogP contribution is 2.30. The number of piperidine rings is 1. The summed E-state index contributed by atoms with van der Waals surface area (Å²) in [4.78, 5) is 22.7. The van der Waals surface area contributed by atoms with Crippen molar-refractivity contribution in [1.29, 1.82) is 0 Å². The highest BCUT2D eigenvalue weighted by atomic mass is 32.2. The summed E-state index contributed by atoms with van der Waals surface area (Å²) in [5.74, 6) is -1.04. The van der Waals surface area contributed by atoms with Crippen LogP contribution in [-0.2, 0) is 14.8 Å². The summed E-state index contributed by atoms with van der Waals surface area (Å²) >= 11 is 0. The van der Waals surface area contributed by atoms with Crippen LogP contribution in [0.1, 0.15) is 45.3 Å². The van der Waals surface area contributed by atoms with Gasteiger partial charge in [0.2, 0.25) is 10.0 Å². The molecule has 3 rings (SSSR count). The Morgan fingerprint density at radius 3 is 2.37 bits per heavy atom. The number of hydrogen-bond donors (Lipinski definition) is 2. The van der Waals surface area contributed by atoms with E-state index in [1.54, 1.807) is 6.07 Å². The number of rotatable bonds is 5. The van der Waals surface area contributed by atoms with Gasteiger partial charge >= 0.3 is 5.97 Å². The van der Waals surface area contributed by atoms with Gasteiger partial charge in [-0.1, -0.05) is 0 Å². The summed E-state index contributed by atoms with van der Waals surface area (Å²) in [6.07, 6.45) is 1.19. The van der Waals surface area contributed by atoms with E-state index < -0.39 is 21.9 Å². The number of ether oxygens (including phenoxy) is 1. The molecule has 1 aromatic heterocycles. The molecule has 144 valence electrons. The van der Waals surface area contributed by atoms with Gasteiger partial charge in [0.25, 0.3) is 5.91 Å². The molecule has 3 N–H and O–H groups in total. The number of aromatic amines is 1. The minimum absolute atomic E-state index is 0.0822. The van der Waals surface area contributed by atoms with Crippen LogP contribution in [0.2, 0.25) is 0 Å². The third-order valence-corrected chi connectivity index (χ3v) is 6.57. The number of nitrogens with one attached hydrogen (secondary N) is 1. The van der Waals surface area contributed by atoms with Gasteiger partial charge in [0.15, 0.2) is 0 Å². The Labute approximate surface area is 156 Å². The van der Waals surface area contributed by atoms with Gasteiger partial charge in [0.1, 0.15) is 5.69 Å². The SMILES string of the molecule is COC(=O)c1ccc(S(=O)(=O)N2CCC(c3cc(C(N)=O)n[nH]3)CC2)cc1. The quantitative estimate of drug-likeness (QED) is 0.725. The van der Waals surface area contributed by atoms with Crippen LogP contribution in [0.3, 0.4) is 0 Å². The molecule has 1 aliphatic heterocycles. The normalized spacial score (nSPS) is 16.2. The van der Waals surface area contributed by atoms with Gasteiger partial charge in [-0.3, -0.25) is 9.89 Å². The first-order valence-corrected chi connectivity index (χ1v) is 9.80. The van der Waals surface area contributed by atoms with Crippen molar-refractivity contribution < 1.29 is 22.7 Å². The van der Waals surface area contributed by atoms with E-state index in [2.05, 4.69) is 14.9 Å². The molecule has 2 aromatic rings. The van der Waals surface area contributed by atoms with E-state index in [1.165, 1.54) is 35.7 Å². The Hall–Kier alpha value is -2.72. The maximum Gasteiger partial charge on any atom is 0.337 e. The first-order valence-electron chi connectivity index (χ1n) is 8.36. The highest BCUT2D eigenvalue weighted by molar-refractivity contribution is 7.89. The average Bonchev–Trinajstić information content (AvgIpc) is 3.18. The zero-order valence-corrected chi connectivity index (χ0v) is 15.5. The minimum atomic E-state index is -3.64. The third kappa shape index (κ3) is 3.86. The predicted molar refractivity (Wildman–Crippen MR) is 95.6 cm³/mol. The Kier molecular flexibility index (Phi) is 5.29. The number of amides is 1. The molecular formula is C17H20N4O5S. The van der Waals surface area contributed by atoms with Gasteiger partial charge in [-0.25, -0.2) is 13.2 Å². The predicted octanol–water partition coefficient (Wildman–Crippen LogP) is 0.863. The summed E-state index contributed by atoms with van der Waals surface area (Å²) < 4.78 is 31.6. The fourth-order valence-electron chi connectivity index (χ4n) is 3.11. The molecule has 0 radical (unpaired) electrons. The van der Waals surface area contributed by atoms with E-state index in [9.17, 15) is 18.0 Å². The van der Waals surface area contributed by atoms with E-state index in [0.717, 1.165) is 5.69 Å². The van der Waals surface area contributed by atoms with E-state index in [0.29, 0.717) is 31.5 Å². The number of carbonyl (C=O) groups is 2. The molecule has 27 heavy (non-hydrogen) atoms. The van der Waals surface area contributed by atoms with Crippen molar-refractivity contribution in [3.8, 4) is 0 Å². The van der Waals surface area contributed by atoms with Crippen molar-refractivity contribution in [2.75, 3.05) is 20.2 Å². The number of sulfonamides is 1. The average molecular weight is 392 g/mol. The van der Waals surface area contributed by atoms with E-state index >= 15 is 0 Å². The second kappa shape index (κ2) is 7.49. The largest absolute Gasteiger partial charge is 0.465 e. The molecule has 1 saturated heterocycles. The number of esters is 1. The Balaban J connectivity index is 1.68. The van der Waals surface area contributed by atoms with Crippen molar-refractivity contribution in [2.24, 2.45) is 5.73 Å². The van der Waals surface area contributed by atoms with Gasteiger partial charge in [0.05, 0.1) is 17.6 Å². The minimum Gasteiger partial charge on any atom is -0.465 e. The van der Waals surface area contributed by atoms with Crippen molar-refractivity contribution in [3.63, 3.8) is 0 Å². The van der Waals surface area contributed by atoms with Crippen LogP contribution >= 0.6 is 0 Å². The molecule has 9 nitrogen and oxygen atoms in total. The van der Waals surface area contributed by atoms with E-state index in [-0.39, 0.29) is 16.5 Å². The topological polar surface area (TPSA) is 135 Å². The number of aromatic nitrogens is 2. The van der Waals surface area contributed by atoms with Crippen LogP contribution < -0.4 is 5.73 Å². The monoisotopic (exact) mass is 392 g/mol. The zero-order valence-electron chi connectivity index (χ0n) is 14.7. The molecule has 10 heteroatoms. The van der Waals surface area contributed by atoms with Crippen LogP contribution in [0.15, 0.2) is 35.2 Å². The summed E-state index contributed by atoms with van der Waals surface area (Å²) in [6, 6.07) is 7.29. The zero-order chi connectivity index (χ0) is 19.6. The van der Waals surface area contributed by atoms with Crippen LogP contribution in [-0.4, -0.2) is 55.0 Å². The summed E-state index contributed by atoms with van der Waals surface area (Å²) in [7, 11) is -2.38. The number of nitrogens with zero attached hydrogens (tertiary/aromatic N) is 2. The lowest BCUT2D eigenvalue weighted by Crippen LogP contribution is -2.38. The lowest BCUT2D eigenvalue weighted by atomic mass is 9.94. The van der Waals surface area contributed by atoms with Crippen molar-refractivity contribution >= 4 is 21.9 Å². The van der Waals surface area contributed by atoms with Crippen LogP contribution in [0.5, 0.6) is 0 Å². The lowest BCUT2D eigenvalue weighted by Gasteiger charge is -2.30. The number of H-pyrrole nitrogens is 1. The molecule has 0 spiro atoms. The van der Waals surface area contributed by atoms with Gasteiger partial charge < -0.3 is 10.5 Å². The first-order chi connectivity index (χ1) is 12.8. The second-order valence-electron chi connectivity index (χ2n) is 6.27. The first kappa shape index (κ1) is 19.1. The van der Waals surface area contributed by atoms with Gasteiger partial charge in [-0.05, 0) is 43.2 Å². The van der Waals surface area contributed by atoms with Crippen LogP contribution in [0, 0.1) is 0 Å². The molecule has 1 aliphatic rings. The fraction of sp³-hybridized carbons (Fsp3) is 0.353. The fourth-order valence-corrected chi connectivity index (χ4v) is 4.58. The third-order valence-electron chi connectivity index (χ3n) is 4.66. The Morgan fingerprint density at radius 2 is 1.85 bits per heavy atom. The molecule has 1 fully saturated rings. The number of benzene rings is 1. The molecule has 1 aromatic carbocycles. The molecule has 1 amide bonds. The highest BCUT2D eigenvalue weighted by Gasteiger charge is 2.31. The van der Waals surface area contributed by atoms with Crippen LogP contribution in [0.25, 0.3) is 0 Å². The summed E-state index contributed by atoms with van der Waals surface area (Å²) in [6.45, 7) is 0.688. The number of hydrogen-bond acceptors (Lipinski definition) is 6. The smallest absolute Gasteiger partial charge is 0.337 e. The van der Waals surface area contributed by atoms with Crippen LogP contribution in [0.4, 0.5) is 0 Å². The molecule has 0 unspecified atom stereocenters. The molecular weight excluding hydrogens is 372 g/mol. The van der Waals surface area contributed by atoms with Crippen molar-refractivity contribution in [3.05, 3.63) is 47.3 Å². The van der Waals surface area contributed by atoms with Gasteiger partial charge in [0, 0.05) is 24.7 Å². The number of nitrogens with two attached hydrogens (primary N) is 1. The number of primary amides is 1. The second-order valence-corrected chi connectivity index (χ2v) is 8.21. The molecule has 0 bridgehead atoms. The van der Waals surface area contributed by atoms with E-state index in [1.807, 2.05) is 0 Å². The van der Waals surface area contributed by atoms with Crippen molar-refractivity contribution in [2.45, 2.75) is 23.7 Å².